The van der Waals surface area contributed by atoms with Crippen molar-refractivity contribution in [2.45, 2.75) is 39.7 Å². The Kier molecular flexibility index (Phi) is 4.79. The average molecular weight is 247 g/mol. The number of ether oxygens (including phenoxy) is 1. The van der Waals surface area contributed by atoms with Crippen molar-refractivity contribution in [3.63, 3.8) is 0 Å². The molecule has 0 spiro atoms. The van der Waals surface area contributed by atoms with Gasteiger partial charge in [0, 0.05) is 18.6 Å². The first-order valence-electron chi connectivity index (χ1n) is 7.07. The first-order chi connectivity index (χ1) is 8.69. The number of hydrogen-bond donors (Lipinski definition) is 1. The maximum absolute atomic E-state index is 5.53. The van der Waals surface area contributed by atoms with E-state index in [0.29, 0.717) is 12.0 Å². The van der Waals surface area contributed by atoms with E-state index < -0.39 is 0 Å². The standard InChI is InChI=1S/C16H25NO/c1-4-17-16(15-5-6-18-11-15)10-14-8-12(2)7-13(3)9-14/h7-9,15-17H,4-6,10-11H2,1-3H3. The van der Waals surface area contributed by atoms with Gasteiger partial charge >= 0.3 is 0 Å². The highest BCUT2D eigenvalue weighted by Gasteiger charge is 2.25. The summed E-state index contributed by atoms with van der Waals surface area (Å²) >= 11 is 0. The highest BCUT2D eigenvalue weighted by atomic mass is 16.5. The van der Waals surface area contributed by atoms with Crippen LogP contribution in [0.2, 0.25) is 0 Å². The second-order valence-corrected chi connectivity index (χ2v) is 5.49. The molecular weight excluding hydrogens is 222 g/mol. The van der Waals surface area contributed by atoms with E-state index in [2.05, 4.69) is 44.3 Å². The van der Waals surface area contributed by atoms with Gasteiger partial charge in [-0.05, 0) is 38.8 Å². The van der Waals surface area contributed by atoms with Crippen LogP contribution in [0, 0.1) is 19.8 Å². The normalized spacial score (nSPS) is 21.2. The number of hydrogen-bond acceptors (Lipinski definition) is 2. The van der Waals surface area contributed by atoms with E-state index in [9.17, 15) is 0 Å². The lowest BCUT2D eigenvalue weighted by atomic mass is 9.91. The first kappa shape index (κ1) is 13.6. The van der Waals surface area contributed by atoms with Crippen LogP contribution >= 0.6 is 0 Å². The molecule has 0 bridgehead atoms. The first-order valence-corrected chi connectivity index (χ1v) is 7.07. The summed E-state index contributed by atoms with van der Waals surface area (Å²) in [7, 11) is 0. The number of nitrogens with one attached hydrogen (secondary N) is 1. The predicted octanol–water partition coefficient (Wildman–Crippen LogP) is 2.86. The van der Waals surface area contributed by atoms with Gasteiger partial charge in [-0.25, -0.2) is 0 Å². The van der Waals surface area contributed by atoms with Crippen LogP contribution in [-0.2, 0) is 11.2 Å². The zero-order chi connectivity index (χ0) is 13.0. The minimum Gasteiger partial charge on any atom is -0.381 e. The number of aryl methyl sites for hydroxylation is 2. The van der Waals surface area contributed by atoms with Gasteiger partial charge in [-0.3, -0.25) is 0 Å². The molecule has 2 heteroatoms. The molecule has 0 aromatic heterocycles. The van der Waals surface area contributed by atoms with Gasteiger partial charge in [-0.15, -0.1) is 0 Å². The molecule has 1 N–H and O–H groups in total. The predicted molar refractivity (Wildman–Crippen MR) is 76.0 cm³/mol. The van der Waals surface area contributed by atoms with Crippen LogP contribution in [0.3, 0.4) is 0 Å². The summed E-state index contributed by atoms with van der Waals surface area (Å²) in [6.45, 7) is 9.42. The topological polar surface area (TPSA) is 21.3 Å². The van der Waals surface area contributed by atoms with Crippen LogP contribution in [0.1, 0.15) is 30.0 Å². The average Bonchev–Trinajstić information content (AvgIpc) is 2.80. The van der Waals surface area contributed by atoms with Crippen LogP contribution in [0.25, 0.3) is 0 Å². The molecule has 0 amide bonds. The number of likely N-dealkylation sites (N-methyl/N-ethyl adjacent to an activating group) is 1. The SMILES string of the molecule is CCNC(Cc1cc(C)cc(C)c1)C1CCOC1. The fourth-order valence-corrected chi connectivity index (χ4v) is 2.98. The molecule has 1 aliphatic heterocycles. The molecule has 2 rings (SSSR count). The zero-order valence-corrected chi connectivity index (χ0v) is 11.8. The van der Waals surface area contributed by atoms with Crippen molar-refractivity contribution in [3.05, 3.63) is 34.9 Å². The minimum absolute atomic E-state index is 0.554. The van der Waals surface area contributed by atoms with Crippen molar-refractivity contribution in [1.29, 1.82) is 0 Å². The van der Waals surface area contributed by atoms with Crippen molar-refractivity contribution in [3.8, 4) is 0 Å². The van der Waals surface area contributed by atoms with Crippen LogP contribution in [0.15, 0.2) is 18.2 Å². The quantitative estimate of drug-likeness (QED) is 0.864. The van der Waals surface area contributed by atoms with Crippen molar-refractivity contribution in [2.75, 3.05) is 19.8 Å². The van der Waals surface area contributed by atoms with E-state index in [0.717, 1.165) is 26.2 Å². The van der Waals surface area contributed by atoms with Gasteiger partial charge in [0.15, 0.2) is 0 Å². The van der Waals surface area contributed by atoms with Gasteiger partial charge in [0.1, 0.15) is 0 Å². The van der Waals surface area contributed by atoms with E-state index in [1.54, 1.807) is 0 Å². The third-order valence-corrected chi connectivity index (χ3v) is 3.74. The summed E-state index contributed by atoms with van der Waals surface area (Å²) in [5, 5.41) is 3.63. The molecule has 1 aromatic rings. The van der Waals surface area contributed by atoms with E-state index in [4.69, 9.17) is 4.74 Å². The van der Waals surface area contributed by atoms with Crippen molar-refractivity contribution in [1.82, 2.24) is 5.32 Å². The van der Waals surface area contributed by atoms with E-state index in [1.165, 1.54) is 23.1 Å². The summed E-state index contributed by atoms with van der Waals surface area (Å²) in [5.74, 6) is 0.672. The molecule has 0 aliphatic carbocycles. The van der Waals surface area contributed by atoms with Gasteiger partial charge in [0.25, 0.3) is 0 Å². The molecule has 18 heavy (non-hydrogen) atoms. The Bertz CT molecular complexity index is 362. The lowest BCUT2D eigenvalue weighted by Crippen LogP contribution is -2.38. The van der Waals surface area contributed by atoms with Gasteiger partial charge in [-0.1, -0.05) is 36.2 Å². The molecule has 2 unspecified atom stereocenters. The van der Waals surface area contributed by atoms with E-state index in [-0.39, 0.29) is 0 Å². The lowest BCUT2D eigenvalue weighted by molar-refractivity contribution is 0.176. The second kappa shape index (κ2) is 6.35. The number of rotatable bonds is 5. The molecule has 1 heterocycles. The number of benzene rings is 1. The van der Waals surface area contributed by atoms with Crippen LogP contribution in [0.4, 0.5) is 0 Å². The molecule has 100 valence electrons. The monoisotopic (exact) mass is 247 g/mol. The third-order valence-electron chi connectivity index (χ3n) is 3.74. The van der Waals surface area contributed by atoms with E-state index >= 15 is 0 Å². The summed E-state index contributed by atoms with van der Waals surface area (Å²) in [6.07, 6.45) is 2.31. The molecule has 2 nitrogen and oxygen atoms in total. The van der Waals surface area contributed by atoms with Gasteiger partial charge in [0.05, 0.1) is 6.61 Å². The highest BCUT2D eigenvalue weighted by Crippen LogP contribution is 2.21. The summed E-state index contributed by atoms with van der Waals surface area (Å²) in [5.41, 5.74) is 4.18. The largest absolute Gasteiger partial charge is 0.381 e. The molecule has 0 saturated carbocycles. The van der Waals surface area contributed by atoms with Gasteiger partial charge in [-0.2, -0.15) is 0 Å². The van der Waals surface area contributed by atoms with Crippen molar-refractivity contribution >= 4 is 0 Å². The summed E-state index contributed by atoms with van der Waals surface area (Å²) in [6, 6.07) is 7.42. The Hall–Kier alpha value is -0.860. The molecule has 1 saturated heterocycles. The van der Waals surface area contributed by atoms with Crippen LogP contribution in [-0.4, -0.2) is 25.8 Å². The lowest BCUT2D eigenvalue weighted by Gasteiger charge is -2.23. The van der Waals surface area contributed by atoms with Gasteiger partial charge < -0.3 is 10.1 Å². The third kappa shape index (κ3) is 3.56. The Morgan fingerprint density at radius 1 is 1.28 bits per heavy atom. The highest BCUT2D eigenvalue weighted by molar-refractivity contribution is 5.29. The second-order valence-electron chi connectivity index (χ2n) is 5.49. The molecule has 2 atom stereocenters. The maximum Gasteiger partial charge on any atom is 0.0510 e. The Labute approximate surface area is 111 Å². The Balaban J connectivity index is 2.07. The molecule has 1 aliphatic rings. The van der Waals surface area contributed by atoms with Crippen molar-refractivity contribution in [2.24, 2.45) is 5.92 Å². The molecular formula is C16H25NO. The van der Waals surface area contributed by atoms with Gasteiger partial charge in [0.2, 0.25) is 0 Å². The minimum atomic E-state index is 0.554. The van der Waals surface area contributed by atoms with Crippen LogP contribution < -0.4 is 5.32 Å². The summed E-state index contributed by atoms with van der Waals surface area (Å²) < 4.78 is 5.53. The fraction of sp³-hybridized carbons (Fsp3) is 0.625. The van der Waals surface area contributed by atoms with E-state index in [1.807, 2.05) is 0 Å². The Morgan fingerprint density at radius 2 is 2.00 bits per heavy atom. The van der Waals surface area contributed by atoms with Crippen LogP contribution in [0.5, 0.6) is 0 Å². The summed E-state index contributed by atoms with van der Waals surface area (Å²) in [4.78, 5) is 0. The fourth-order valence-electron chi connectivity index (χ4n) is 2.98. The maximum atomic E-state index is 5.53. The van der Waals surface area contributed by atoms with Crippen molar-refractivity contribution < 1.29 is 4.74 Å². The molecule has 1 aromatic carbocycles. The Morgan fingerprint density at radius 3 is 2.56 bits per heavy atom. The zero-order valence-electron chi connectivity index (χ0n) is 11.8. The molecule has 1 fully saturated rings. The smallest absolute Gasteiger partial charge is 0.0510 e. The molecule has 0 radical (unpaired) electrons.